The number of fused-ring (bicyclic) bond motifs is 1. The number of nitrogens with zero attached hydrogens (tertiary/aromatic N) is 2. The van der Waals surface area contributed by atoms with E-state index in [2.05, 4.69) is 9.97 Å². The first-order chi connectivity index (χ1) is 11.3. The summed E-state index contributed by atoms with van der Waals surface area (Å²) in [7, 11) is 1.75. The number of H-pyrrole nitrogens is 1. The highest BCUT2D eigenvalue weighted by molar-refractivity contribution is 5.77. The smallest absolute Gasteiger partial charge is 0.258 e. The molecule has 24 heavy (non-hydrogen) atoms. The number of aromatic amines is 1. The lowest BCUT2D eigenvalue weighted by molar-refractivity contribution is -0.131. The number of para-hydroxylation sites is 1. The molecule has 1 heterocycles. The fourth-order valence-electron chi connectivity index (χ4n) is 2.63. The molecule has 0 fully saturated rings. The molecule has 1 aromatic heterocycles. The van der Waals surface area contributed by atoms with Crippen molar-refractivity contribution in [2.75, 3.05) is 20.2 Å². The van der Waals surface area contributed by atoms with Gasteiger partial charge in [0, 0.05) is 38.5 Å². The van der Waals surface area contributed by atoms with Crippen LogP contribution in [0, 0.1) is 5.41 Å². The highest BCUT2D eigenvalue weighted by Crippen LogP contribution is 2.16. The van der Waals surface area contributed by atoms with Gasteiger partial charge in [0.2, 0.25) is 5.91 Å². The van der Waals surface area contributed by atoms with Gasteiger partial charge in [0.15, 0.2) is 0 Å². The van der Waals surface area contributed by atoms with E-state index in [1.54, 1.807) is 24.1 Å². The number of amides is 1. The minimum atomic E-state index is -0.310. The van der Waals surface area contributed by atoms with E-state index in [0.717, 1.165) is 0 Å². The van der Waals surface area contributed by atoms with E-state index < -0.39 is 0 Å². The van der Waals surface area contributed by atoms with Crippen LogP contribution in [0.25, 0.3) is 10.9 Å². The van der Waals surface area contributed by atoms with Gasteiger partial charge >= 0.3 is 0 Å². The molecule has 6 nitrogen and oxygen atoms in total. The molecule has 2 rings (SSSR count). The maximum atomic E-state index is 12.2. The number of aliphatic hydroxyl groups is 1. The summed E-state index contributed by atoms with van der Waals surface area (Å²) in [4.78, 5) is 33.0. The fraction of sp³-hybridized carbons (Fsp3) is 0.500. The second-order valence-corrected chi connectivity index (χ2v) is 6.96. The van der Waals surface area contributed by atoms with E-state index in [4.69, 9.17) is 0 Å². The summed E-state index contributed by atoms with van der Waals surface area (Å²) < 4.78 is 0. The van der Waals surface area contributed by atoms with Gasteiger partial charge in [0.25, 0.3) is 5.56 Å². The molecule has 0 aliphatic heterocycles. The summed E-state index contributed by atoms with van der Waals surface area (Å²) in [5.74, 6) is 0.629. The summed E-state index contributed by atoms with van der Waals surface area (Å²) in [5, 5.41) is 9.85. The van der Waals surface area contributed by atoms with E-state index in [9.17, 15) is 14.7 Å². The number of carbonyl (C=O) groups excluding carboxylic acids is 1. The number of aliphatic hydroxyl groups excluding tert-OH is 1. The van der Waals surface area contributed by atoms with E-state index >= 15 is 0 Å². The zero-order chi connectivity index (χ0) is 17.7. The van der Waals surface area contributed by atoms with Gasteiger partial charge in [-0.25, -0.2) is 4.98 Å². The molecule has 0 bridgehead atoms. The van der Waals surface area contributed by atoms with Gasteiger partial charge in [-0.2, -0.15) is 0 Å². The first-order valence-electron chi connectivity index (χ1n) is 8.15. The maximum absolute atomic E-state index is 12.2. The highest BCUT2D eigenvalue weighted by Gasteiger charge is 2.21. The number of benzene rings is 1. The van der Waals surface area contributed by atoms with Crippen LogP contribution in [-0.2, 0) is 11.2 Å². The van der Waals surface area contributed by atoms with Gasteiger partial charge in [0.05, 0.1) is 10.9 Å². The number of hydrogen-bond donors (Lipinski definition) is 2. The third kappa shape index (κ3) is 4.64. The fourth-order valence-corrected chi connectivity index (χ4v) is 2.63. The molecule has 2 N–H and O–H groups in total. The number of hydrogen-bond acceptors (Lipinski definition) is 4. The average Bonchev–Trinajstić information content (AvgIpc) is 2.54. The van der Waals surface area contributed by atoms with Crippen molar-refractivity contribution in [2.24, 2.45) is 5.41 Å². The van der Waals surface area contributed by atoms with Gasteiger partial charge in [0.1, 0.15) is 5.82 Å². The molecule has 130 valence electrons. The number of nitrogens with one attached hydrogen (secondary N) is 1. The van der Waals surface area contributed by atoms with Crippen LogP contribution in [-0.4, -0.2) is 46.1 Å². The third-order valence-electron chi connectivity index (χ3n) is 3.99. The minimum Gasteiger partial charge on any atom is -0.396 e. The number of aryl methyl sites for hydroxylation is 1. The van der Waals surface area contributed by atoms with Crippen LogP contribution in [0.15, 0.2) is 29.1 Å². The maximum Gasteiger partial charge on any atom is 0.258 e. The monoisotopic (exact) mass is 331 g/mol. The lowest BCUT2D eigenvalue weighted by Gasteiger charge is -2.28. The Morgan fingerprint density at radius 3 is 2.75 bits per heavy atom. The van der Waals surface area contributed by atoms with E-state index in [0.29, 0.717) is 42.5 Å². The third-order valence-corrected chi connectivity index (χ3v) is 3.99. The van der Waals surface area contributed by atoms with Gasteiger partial charge in [-0.15, -0.1) is 0 Å². The van der Waals surface area contributed by atoms with Crippen LogP contribution in [0.1, 0.15) is 32.5 Å². The molecule has 1 aromatic carbocycles. The van der Waals surface area contributed by atoms with Crippen LogP contribution in [0.2, 0.25) is 0 Å². The standard InChI is InChI=1S/C18H25N3O3/c1-18(2,12-22)11-21(3)16(23)10-6-9-15-19-14-8-5-4-7-13(14)17(24)20-15/h4-5,7-8,22H,6,9-12H2,1-3H3,(H,19,20,24). The minimum absolute atomic E-state index is 0.0275. The van der Waals surface area contributed by atoms with E-state index in [1.807, 2.05) is 26.0 Å². The number of carbonyl (C=O) groups is 1. The molecule has 0 atom stereocenters. The SMILES string of the molecule is CN(CC(C)(C)CO)C(=O)CCCc1nc2ccccc2c(=O)[nH]1. The molecule has 1 amide bonds. The van der Waals surface area contributed by atoms with Crippen molar-refractivity contribution in [3.05, 3.63) is 40.4 Å². The first-order valence-corrected chi connectivity index (χ1v) is 8.15. The van der Waals surface area contributed by atoms with Crippen LogP contribution < -0.4 is 5.56 Å². The van der Waals surface area contributed by atoms with Gasteiger partial charge in [-0.1, -0.05) is 26.0 Å². The van der Waals surface area contributed by atoms with Gasteiger partial charge in [-0.3, -0.25) is 9.59 Å². The largest absolute Gasteiger partial charge is 0.396 e. The van der Waals surface area contributed by atoms with Crippen LogP contribution in [0.4, 0.5) is 0 Å². The zero-order valence-corrected chi connectivity index (χ0v) is 14.5. The van der Waals surface area contributed by atoms with Crippen molar-refractivity contribution in [1.29, 1.82) is 0 Å². The van der Waals surface area contributed by atoms with Crippen molar-refractivity contribution in [1.82, 2.24) is 14.9 Å². The Morgan fingerprint density at radius 1 is 1.33 bits per heavy atom. The number of aromatic nitrogens is 2. The average molecular weight is 331 g/mol. The van der Waals surface area contributed by atoms with Crippen molar-refractivity contribution in [2.45, 2.75) is 33.1 Å². The van der Waals surface area contributed by atoms with Crippen LogP contribution >= 0.6 is 0 Å². The molecule has 0 aliphatic rings. The molecule has 0 spiro atoms. The van der Waals surface area contributed by atoms with E-state index in [1.165, 1.54) is 0 Å². The first kappa shape index (κ1) is 18.1. The molecule has 6 heteroatoms. The Bertz CT molecular complexity index is 767. The summed E-state index contributed by atoms with van der Waals surface area (Å²) in [6.45, 7) is 4.38. The predicted molar refractivity (Wildman–Crippen MR) is 93.8 cm³/mol. The molecule has 2 aromatic rings. The predicted octanol–water partition coefficient (Wildman–Crippen LogP) is 1.72. The van der Waals surface area contributed by atoms with Crippen molar-refractivity contribution in [3.8, 4) is 0 Å². The molecular weight excluding hydrogens is 306 g/mol. The van der Waals surface area contributed by atoms with Crippen molar-refractivity contribution < 1.29 is 9.90 Å². The van der Waals surface area contributed by atoms with Crippen molar-refractivity contribution in [3.63, 3.8) is 0 Å². The van der Waals surface area contributed by atoms with Crippen LogP contribution in [0.3, 0.4) is 0 Å². The highest BCUT2D eigenvalue weighted by atomic mass is 16.3. The second kappa shape index (κ2) is 7.57. The quantitative estimate of drug-likeness (QED) is 0.809. The van der Waals surface area contributed by atoms with Crippen molar-refractivity contribution >= 4 is 16.8 Å². The Hall–Kier alpha value is -2.21. The molecule has 0 aliphatic carbocycles. The van der Waals surface area contributed by atoms with Crippen LogP contribution in [0.5, 0.6) is 0 Å². The summed E-state index contributed by atoms with van der Waals surface area (Å²) in [6, 6.07) is 7.21. The summed E-state index contributed by atoms with van der Waals surface area (Å²) >= 11 is 0. The lowest BCUT2D eigenvalue weighted by atomic mass is 9.94. The molecule has 0 saturated carbocycles. The van der Waals surface area contributed by atoms with Gasteiger partial charge < -0.3 is 15.0 Å². The second-order valence-electron chi connectivity index (χ2n) is 6.96. The Labute approximate surface area is 141 Å². The lowest BCUT2D eigenvalue weighted by Crippen LogP contribution is -2.37. The zero-order valence-electron chi connectivity index (χ0n) is 14.5. The molecule has 0 unspecified atom stereocenters. The Balaban J connectivity index is 1.92. The summed E-state index contributed by atoms with van der Waals surface area (Å²) in [5.41, 5.74) is 0.211. The van der Waals surface area contributed by atoms with E-state index in [-0.39, 0.29) is 23.5 Å². The summed E-state index contributed by atoms with van der Waals surface area (Å²) in [6.07, 6.45) is 1.54. The molecular formula is C18H25N3O3. The molecule has 0 saturated heterocycles. The molecule has 0 radical (unpaired) electrons. The van der Waals surface area contributed by atoms with Gasteiger partial charge in [-0.05, 0) is 18.6 Å². The number of rotatable bonds is 7. The topological polar surface area (TPSA) is 86.3 Å². The normalized spacial score (nSPS) is 11.7. The Morgan fingerprint density at radius 2 is 2.04 bits per heavy atom. The Kier molecular flexibility index (Phi) is 5.72.